The van der Waals surface area contributed by atoms with Crippen LogP contribution in [0.5, 0.6) is 5.75 Å². The van der Waals surface area contributed by atoms with Gasteiger partial charge in [-0.3, -0.25) is 14.4 Å². The number of amides is 1. The number of aromatic hydroxyl groups is 1. The molecule has 1 aliphatic carbocycles. The average Bonchev–Trinajstić information content (AvgIpc) is 2.71. The van der Waals surface area contributed by atoms with Crippen LogP contribution in [0.1, 0.15) is 42.5 Å². The van der Waals surface area contributed by atoms with Crippen molar-refractivity contribution in [3.8, 4) is 18.1 Å². The van der Waals surface area contributed by atoms with Crippen LogP contribution in [0.3, 0.4) is 0 Å². The molecular weight excluding hydrogens is 358 g/mol. The standard InChI is InChI=1S/C21H23N3O4/c1-4-21(11-6-5-7-12-21)23-16-15(18(26)19(16)27)22-14-10-8-9-13(17(14)25)20(28)24(2)3/h1,8-10,22-23,25H,5-7,11-12H2,2-3H3. The van der Waals surface area contributed by atoms with Gasteiger partial charge in [-0.2, -0.15) is 0 Å². The Morgan fingerprint density at radius 1 is 1.14 bits per heavy atom. The lowest BCUT2D eigenvalue weighted by molar-refractivity contribution is 0.0824. The summed E-state index contributed by atoms with van der Waals surface area (Å²) < 4.78 is 0. The Labute approximate surface area is 163 Å². The van der Waals surface area contributed by atoms with Gasteiger partial charge in [-0.25, -0.2) is 0 Å². The van der Waals surface area contributed by atoms with Crippen molar-refractivity contribution >= 4 is 23.0 Å². The smallest absolute Gasteiger partial charge is 0.257 e. The Morgan fingerprint density at radius 3 is 2.39 bits per heavy atom. The van der Waals surface area contributed by atoms with Gasteiger partial charge < -0.3 is 20.6 Å². The molecule has 7 heteroatoms. The Hall–Kier alpha value is -3.27. The maximum Gasteiger partial charge on any atom is 0.257 e. The third-order valence-corrected chi connectivity index (χ3v) is 5.19. The van der Waals surface area contributed by atoms with Gasteiger partial charge >= 0.3 is 0 Å². The summed E-state index contributed by atoms with van der Waals surface area (Å²) in [5, 5.41) is 16.3. The van der Waals surface area contributed by atoms with E-state index in [0.717, 1.165) is 32.1 Å². The predicted molar refractivity (Wildman–Crippen MR) is 109 cm³/mol. The first-order valence-electron chi connectivity index (χ1n) is 9.19. The number of benzene rings is 1. The molecule has 1 fully saturated rings. The maximum atomic E-state index is 12.2. The van der Waals surface area contributed by atoms with Crippen molar-refractivity contribution in [2.24, 2.45) is 0 Å². The second-order valence-electron chi connectivity index (χ2n) is 7.35. The van der Waals surface area contributed by atoms with Crippen LogP contribution in [0.25, 0.3) is 0 Å². The molecule has 0 unspecified atom stereocenters. The van der Waals surface area contributed by atoms with Gasteiger partial charge in [-0.05, 0) is 25.0 Å². The normalized spacial score (nSPS) is 15.6. The van der Waals surface area contributed by atoms with E-state index in [0.29, 0.717) is 0 Å². The number of anilines is 3. The van der Waals surface area contributed by atoms with E-state index < -0.39 is 16.4 Å². The average molecular weight is 381 g/mol. The van der Waals surface area contributed by atoms with Crippen LogP contribution in [0.4, 0.5) is 17.1 Å². The number of phenols is 1. The van der Waals surface area contributed by atoms with E-state index in [2.05, 4.69) is 16.6 Å². The highest BCUT2D eigenvalue weighted by Gasteiger charge is 2.34. The summed E-state index contributed by atoms with van der Waals surface area (Å²) in [5.74, 6) is 2.08. The van der Waals surface area contributed by atoms with Crippen LogP contribution < -0.4 is 21.5 Å². The molecule has 2 aromatic carbocycles. The largest absolute Gasteiger partial charge is 0.505 e. The molecule has 146 valence electrons. The second kappa shape index (κ2) is 7.39. The summed E-state index contributed by atoms with van der Waals surface area (Å²) >= 11 is 0. The molecule has 0 bridgehead atoms. The van der Waals surface area contributed by atoms with Crippen molar-refractivity contribution in [1.82, 2.24) is 4.90 Å². The van der Waals surface area contributed by atoms with Gasteiger partial charge in [-0.1, -0.05) is 31.2 Å². The van der Waals surface area contributed by atoms with E-state index in [4.69, 9.17) is 6.42 Å². The Morgan fingerprint density at radius 2 is 1.79 bits per heavy atom. The molecule has 3 rings (SSSR count). The first kappa shape index (κ1) is 19.5. The lowest BCUT2D eigenvalue weighted by Gasteiger charge is -2.35. The third kappa shape index (κ3) is 3.33. The molecule has 1 saturated carbocycles. The highest BCUT2D eigenvalue weighted by atomic mass is 16.3. The second-order valence-corrected chi connectivity index (χ2v) is 7.35. The van der Waals surface area contributed by atoms with Crippen LogP contribution in [-0.4, -0.2) is 35.5 Å². The lowest BCUT2D eigenvalue weighted by atomic mass is 9.82. The fraction of sp³-hybridized carbons (Fsp3) is 0.381. The van der Waals surface area contributed by atoms with E-state index in [-0.39, 0.29) is 34.3 Å². The van der Waals surface area contributed by atoms with Crippen LogP contribution in [-0.2, 0) is 0 Å². The molecule has 0 saturated heterocycles. The molecule has 0 radical (unpaired) electrons. The summed E-state index contributed by atoms with van der Waals surface area (Å²) in [5.41, 5.74) is -1.53. The van der Waals surface area contributed by atoms with Gasteiger partial charge in [0.25, 0.3) is 16.8 Å². The number of carbonyl (C=O) groups excluding carboxylic acids is 1. The van der Waals surface area contributed by atoms with Crippen LogP contribution >= 0.6 is 0 Å². The Kier molecular flexibility index (Phi) is 5.14. The van der Waals surface area contributed by atoms with Crippen molar-refractivity contribution < 1.29 is 9.90 Å². The van der Waals surface area contributed by atoms with E-state index in [1.807, 2.05) is 0 Å². The molecule has 0 aromatic heterocycles. The monoisotopic (exact) mass is 381 g/mol. The fourth-order valence-electron chi connectivity index (χ4n) is 3.52. The summed E-state index contributed by atoms with van der Waals surface area (Å²) in [6.07, 6.45) is 10.1. The molecule has 1 amide bonds. The zero-order valence-corrected chi connectivity index (χ0v) is 16.0. The number of para-hydroxylation sites is 1. The molecule has 3 N–H and O–H groups in total. The zero-order valence-electron chi connectivity index (χ0n) is 16.0. The van der Waals surface area contributed by atoms with Crippen molar-refractivity contribution in [3.05, 3.63) is 44.2 Å². The van der Waals surface area contributed by atoms with Crippen LogP contribution in [0.2, 0.25) is 0 Å². The van der Waals surface area contributed by atoms with Crippen molar-refractivity contribution in [3.63, 3.8) is 0 Å². The molecule has 0 spiro atoms. The number of rotatable bonds is 5. The summed E-state index contributed by atoms with van der Waals surface area (Å²) in [4.78, 5) is 37.8. The molecular formula is C21H23N3O4. The topological polar surface area (TPSA) is 98.7 Å². The highest BCUT2D eigenvalue weighted by Crippen LogP contribution is 2.35. The molecule has 0 atom stereocenters. The van der Waals surface area contributed by atoms with Gasteiger partial charge in [0.05, 0.1) is 16.8 Å². The molecule has 28 heavy (non-hydrogen) atoms. The maximum absolute atomic E-state index is 12.2. The number of phenolic OH excluding ortho intramolecular Hbond substituents is 1. The van der Waals surface area contributed by atoms with Gasteiger partial charge in [-0.15, -0.1) is 6.42 Å². The molecule has 0 heterocycles. The highest BCUT2D eigenvalue weighted by molar-refractivity contribution is 5.99. The summed E-state index contributed by atoms with van der Waals surface area (Å²) in [6.45, 7) is 0. The minimum atomic E-state index is -0.686. The number of terminal acetylenes is 1. The minimum Gasteiger partial charge on any atom is -0.505 e. The Balaban J connectivity index is 1.91. The first-order valence-corrected chi connectivity index (χ1v) is 9.19. The van der Waals surface area contributed by atoms with E-state index in [9.17, 15) is 19.5 Å². The number of hydrogen-bond donors (Lipinski definition) is 3. The van der Waals surface area contributed by atoms with Crippen LogP contribution in [0.15, 0.2) is 27.8 Å². The van der Waals surface area contributed by atoms with Crippen molar-refractivity contribution in [2.45, 2.75) is 37.6 Å². The lowest BCUT2D eigenvalue weighted by Crippen LogP contribution is -2.45. The quantitative estimate of drug-likeness (QED) is 0.417. The Bertz CT molecular complexity index is 1020. The summed E-state index contributed by atoms with van der Waals surface area (Å²) in [7, 11) is 3.15. The number of nitrogens with one attached hydrogen (secondary N) is 2. The predicted octanol–water partition coefficient (Wildman–Crippen LogP) is 2.18. The molecule has 1 aliphatic rings. The van der Waals surface area contributed by atoms with E-state index in [1.165, 1.54) is 17.0 Å². The van der Waals surface area contributed by atoms with Crippen LogP contribution in [0, 0.1) is 12.3 Å². The van der Waals surface area contributed by atoms with Gasteiger partial charge in [0.15, 0.2) is 5.75 Å². The first-order chi connectivity index (χ1) is 13.3. The number of nitrogens with zero attached hydrogens (tertiary/aromatic N) is 1. The van der Waals surface area contributed by atoms with Crippen molar-refractivity contribution in [1.29, 1.82) is 0 Å². The molecule has 7 nitrogen and oxygen atoms in total. The number of hydrogen-bond acceptors (Lipinski definition) is 6. The molecule has 2 aromatic rings. The molecule has 0 aliphatic heterocycles. The SMILES string of the molecule is C#CC1(Nc2c(Nc3cccc(C(=O)N(C)C)c3O)c(=O)c2=O)CCCCC1. The third-order valence-electron chi connectivity index (χ3n) is 5.19. The van der Waals surface area contributed by atoms with Crippen molar-refractivity contribution in [2.75, 3.05) is 24.7 Å². The fourth-order valence-corrected chi connectivity index (χ4v) is 3.52. The van der Waals surface area contributed by atoms with Gasteiger partial charge in [0, 0.05) is 14.1 Å². The number of carbonyl (C=O) groups is 1. The zero-order chi connectivity index (χ0) is 20.5. The summed E-state index contributed by atoms with van der Waals surface area (Å²) in [6, 6.07) is 4.60. The van der Waals surface area contributed by atoms with E-state index in [1.54, 1.807) is 20.2 Å². The minimum absolute atomic E-state index is 0.0509. The van der Waals surface area contributed by atoms with Gasteiger partial charge in [0.1, 0.15) is 11.4 Å². The van der Waals surface area contributed by atoms with E-state index >= 15 is 0 Å². The van der Waals surface area contributed by atoms with Gasteiger partial charge in [0.2, 0.25) is 0 Å².